The SMILES string of the molecule is N#Cc1cnc(N)c2c1C(=O)NCC2. The van der Waals surface area contributed by atoms with E-state index in [1.807, 2.05) is 6.07 Å². The lowest BCUT2D eigenvalue weighted by Crippen LogP contribution is -2.33. The number of amides is 1. The van der Waals surface area contributed by atoms with Gasteiger partial charge in [0, 0.05) is 18.3 Å². The van der Waals surface area contributed by atoms with E-state index in [9.17, 15) is 4.79 Å². The molecule has 2 heterocycles. The molecule has 0 bridgehead atoms. The number of nitrogen functional groups attached to an aromatic ring is 1. The fraction of sp³-hybridized carbons (Fsp3) is 0.222. The van der Waals surface area contributed by atoms with Gasteiger partial charge < -0.3 is 11.1 Å². The van der Waals surface area contributed by atoms with Gasteiger partial charge in [0.2, 0.25) is 0 Å². The molecule has 0 spiro atoms. The monoisotopic (exact) mass is 188 g/mol. The van der Waals surface area contributed by atoms with Crippen LogP contribution in [0.5, 0.6) is 0 Å². The Morgan fingerprint density at radius 3 is 3.14 bits per heavy atom. The Hall–Kier alpha value is -2.09. The molecular weight excluding hydrogens is 180 g/mol. The van der Waals surface area contributed by atoms with Crippen LogP contribution in [0.15, 0.2) is 6.20 Å². The first-order valence-corrected chi connectivity index (χ1v) is 4.19. The third kappa shape index (κ3) is 1.09. The Labute approximate surface area is 80.5 Å². The number of pyridine rings is 1. The molecular formula is C9H8N4O. The number of nitrogens with one attached hydrogen (secondary N) is 1. The van der Waals surface area contributed by atoms with Crippen LogP contribution in [0.3, 0.4) is 0 Å². The molecule has 0 saturated heterocycles. The Kier molecular flexibility index (Phi) is 1.82. The Morgan fingerprint density at radius 2 is 2.43 bits per heavy atom. The lowest BCUT2D eigenvalue weighted by atomic mass is 9.98. The normalized spacial score (nSPS) is 14.1. The van der Waals surface area contributed by atoms with Gasteiger partial charge in [-0.2, -0.15) is 5.26 Å². The minimum atomic E-state index is -0.239. The summed E-state index contributed by atoms with van der Waals surface area (Å²) in [6, 6.07) is 1.93. The average molecular weight is 188 g/mol. The van der Waals surface area contributed by atoms with E-state index in [-0.39, 0.29) is 11.5 Å². The second-order valence-corrected chi connectivity index (χ2v) is 3.03. The van der Waals surface area contributed by atoms with Gasteiger partial charge >= 0.3 is 0 Å². The van der Waals surface area contributed by atoms with Gasteiger partial charge in [0.05, 0.1) is 11.1 Å². The van der Waals surface area contributed by atoms with E-state index >= 15 is 0 Å². The van der Waals surface area contributed by atoms with Crippen molar-refractivity contribution in [1.82, 2.24) is 10.3 Å². The van der Waals surface area contributed by atoms with E-state index in [1.54, 1.807) is 0 Å². The van der Waals surface area contributed by atoms with Gasteiger partial charge in [-0.1, -0.05) is 0 Å². The molecule has 14 heavy (non-hydrogen) atoms. The molecule has 0 atom stereocenters. The van der Waals surface area contributed by atoms with Crippen LogP contribution in [0.2, 0.25) is 0 Å². The maximum absolute atomic E-state index is 11.5. The molecule has 1 amide bonds. The fourth-order valence-electron chi connectivity index (χ4n) is 1.55. The highest BCUT2D eigenvalue weighted by molar-refractivity contribution is 6.00. The summed E-state index contributed by atoms with van der Waals surface area (Å²) in [7, 11) is 0. The van der Waals surface area contributed by atoms with Crippen LogP contribution < -0.4 is 11.1 Å². The molecule has 1 aromatic heterocycles. The van der Waals surface area contributed by atoms with Crippen molar-refractivity contribution in [3.63, 3.8) is 0 Å². The topological polar surface area (TPSA) is 91.8 Å². The Bertz CT molecular complexity index is 447. The molecule has 0 aliphatic carbocycles. The zero-order chi connectivity index (χ0) is 10.1. The van der Waals surface area contributed by atoms with Gasteiger partial charge in [-0.3, -0.25) is 4.79 Å². The molecule has 3 N–H and O–H groups in total. The highest BCUT2D eigenvalue weighted by Gasteiger charge is 2.22. The maximum Gasteiger partial charge on any atom is 0.253 e. The first kappa shape index (κ1) is 8.51. The molecule has 0 aromatic carbocycles. The Morgan fingerprint density at radius 1 is 1.64 bits per heavy atom. The van der Waals surface area contributed by atoms with Crippen molar-refractivity contribution in [2.45, 2.75) is 6.42 Å². The molecule has 0 fully saturated rings. The third-order valence-corrected chi connectivity index (χ3v) is 2.22. The van der Waals surface area contributed by atoms with Crippen molar-refractivity contribution >= 4 is 11.7 Å². The van der Waals surface area contributed by atoms with Gasteiger partial charge in [-0.25, -0.2) is 4.98 Å². The third-order valence-electron chi connectivity index (χ3n) is 2.22. The summed E-state index contributed by atoms with van der Waals surface area (Å²) in [5.41, 5.74) is 6.98. The van der Waals surface area contributed by atoms with Gasteiger partial charge in [0.25, 0.3) is 5.91 Å². The molecule has 1 aromatic rings. The van der Waals surface area contributed by atoms with Crippen LogP contribution in [0, 0.1) is 11.3 Å². The van der Waals surface area contributed by atoms with Crippen LogP contribution >= 0.6 is 0 Å². The summed E-state index contributed by atoms with van der Waals surface area (Å²) in [6.45, 7) is 0.548. The van der Waals surface area contributed by atoms with Crippen molar-refractivity contribution < 1.29 is 4.79 Å². The van der Waals surface area contributed by atoms with E-state index in [0.29, 0.717) is 29.9 Å². The molecule has 5 heteroatoms. The number of nitriles is 1. The maximum atomic E-state index is 11.5. The average Bonchev–Trinajstić information content (AvgIpc) is 2.20. The van der Waals surface area contributed by atoms with E-state index in [2.05, 4.69) is 10.3 Å². The quantitative estimate of drug-likeness (QED) is 0.590. The fourth-order valence-corrected chi connectivity index (χ4v) is 1.55. The zero-order valence-corrected chi connectivity index (χ0v) is 7.37. The van der Waals surface area contributed by atoms with Crippen LogP contribution in [0.4, 0.5) is 5.82 Å². The number of anilines is 1. The number of hydrogen-bond acceptors (Lipinski definition) is 4. The summed E-state index contributed by atoms with van der Waals surface area (Å²) in [5.74, 6) is 0.103. The Balaban J connectivity index is 2.72. The lowest BCUT2D eigenvalue weighted by molar-refractivity contribution is 0.0945. The minimum Gasteiger partial charge on any atom is -0.383 e. The summed E-state index contributed by atoms with van der Waals surface area (Å²) >= 11 is 0. The summed E-state index contributed by atoms with van der Waals surface area (Å²) < 4.78 is 0. The number of carbonyl (C=O) groups is 1. The van der Waals surface area contributed by atoms with Gasteiger partial charge in [0.15, 0.2) is 0 Å². The summed E-state index contributed by atoms with van der Waals surface area (Å²) in [5, 5.41) is 11.5. The lowest BCUT2D eigenvalue weighted by Gasteiger charge is -2.17. The molecule has 1 aliphatic rings. The number of hydrogen-bond donors (Lipinski definition) is 2. The highest BCUT2D eigenvalue weighted by atomic mass is 16.1. The largest absolute Gasteiger partial charge is 0.383 e. The van der Waals surface area contributed by atoms with Crippen molar-refractivity contribution in [2.24, 2.45) is 0 Å². The first-order chi connectivity index (χ1) is 6.74. The van der Waals surface area contributed by atoms with Crippen molar-refractivity contribution in [3.8, 4) is 6.07 Å². The van der Waals surface area contributed by atoms with Crippen LogP contribution in [0.1, 0.15) is 21.5 Å². The van der Waals surface area contributed by atoms with E-state index in [4.69, 9.17) is 11.0 Å². The van der Waals surface area contributed by atoms with Gasteiger partial charge in [-0.05, 0) is 6.42 Å². The second kappa shape index (κ2) is 3.00. The van der Waals surface area contributed by atoms with Crippen LogP contribution in [-0.2, 0) is 6.42 Å². The standard InChI is InChI=1S/C9H8N4O/c10-3-5-4-13-8(11)6-1-2-12-9(14)7(5)6/h4H,1-2H2,(H2,11,13)(H,12,14). The number of nitrogens with zero attached hydrogens (tertiary/aromatic N) is 2. The number of carbonyl (C=O) groups excluding carboxylic acids is 1. The molecule has 1 aliphatic heterocycles. The minimum absolute atomic E-state index is 0.239. The number of rotatable bonds is 0. The van der Waals surface area contributed by atoms with Crippen molar-refractivity contribution in [1.29, 1.82) is 5.26 Å². The van der Waals surface area contributed by atoms with Crippen molar-refractivity contribution in [3.05, 3.63) is 22.9 Å². The van der Waals surface area contributed by atoms with Crippen LogP contribution in [-0.4, -0.2) is 17.4 Å². The predicted molar refractivity (Wildman–Crippen MR) is 49.4 cm³/mol. The molecule has 0 radical (unpaired) electrons. The molecule has 70 valence electrons. The van der Waals surface area contributed by atoms with Crippen molar-refractivity contribution in [2.75, 3.05) is 12.3 Å². The molecule has 5 nitrogen and oxygen atoms in total. The van der Waals surface area contributed by atoms with Crippen LogP contribution in [0.25, 0.3) is 0 Å². The predicted octanol–water partition coefficient (Wildman–Crippen LogP) is -0.179. The van der Waals surface area contributed by atoms with E-state index in [1.165, 1.54) is 6.20 Å². The van der Waals surface area contributed by atoms with Gasteiger partial charge in [0.1, 0.15) is 11.9 Å². The number of fused-ring (bicyclic) bond motifs is 1. The smallest absolute Gasteiger partial charge is 0.253 e. The number of nitrogens with two attached hydrogens (primary N) is 1. The first-order valence-electron chi connectivity index (χ1n) is 4.19. The second-order valence-electron chi connectivity index (χ2n) is 3.03. The summed E-state index contributed by atoms with van der Waals surface area (Å²) in [4.78, 5) is 15.3. The van der Waals surface area contributed by atoms with Gasteiger partial charge in [-0.15, -0.1) is 0 Å². The molecule has 0 saturated carbocycles. The number of aromatic nitrogens is 1. The highest BCUT2D eigenvalue weighted by Crippen LogP contribution is 2.21. The zero-order valence-electron chi connectivity index (χ0n) is 7.37. The summed E-state index contributed by atoms with van der Waals surface area (Å²) in [6.07, 6.45) is 1.97. The van der Waals surface area contributed by atoms with E-state index < -0.39 is 0 Å². The molecule has 0 unspecified atom stereocenters. The molecule has 2 rings (SSSR count). The van der Waals surface area contributed by atoms with E-state index in [0.717, 1.165) is 0 Å².